The van der Waals surface area contributed by atoms with Crippen molar-refractivity contribution < 1.29 is 4.74 Å². The first-order valence-electron chi connectivity index (χ1n) is 5.20. The second kappa shape index (κ2) is 4.39. The summed E-state index contributed by atoms with van der Waals surface area (Å²) in [5.74, 6) is 0. The SMILES string of the molecule is Clc1c2c(nc3c(Cl)cc(Br)cc13)CCOC2. The first-order valence-corrected chi connectivity index (χ1v) is 6.75. The molecule has 1 aromatic heterocycles. The summed E-state index contributed by atoms with van der Waals surface area (Å²) in [7, 11) is 0. The fourth-order valence-corrected chi connectivity index (χ4v) is 3.19. The number of aromatic nitrogens is 1. The first-order chi connectivity index (χ1) is 8.16. The highest BCUT2D eigenvalue weighted by atomic mass is 79.9. The maximum Gasteiger partial charge on any atom is 0.0907 e. The van der Waals surface area contributed by atoms with Gasteiger partial charge in [0.2, 0.25) is 0 Å². The summed E-state index contributed by atoms with van der Waals surface area (Å²) in [6.45, 7) is 1.22. The molecule has 0 fully saturated rings. The second-order valence-corrected chi connectivity index (χ2v) is 5.64. The fourth-order valence-electron chi connectivity index (χ4n) is 2.04. The molecule has 2 heterocycles. The van der Waals surface area contributed by atoms with Gasteiger partial charge in [-0.15, -0.1) is 0 Å². The summed E-state index contributed by atoms with van der Waals surface area (Å²) < 4.78 is 6.32. The van der Waals surface area contributed by atoms with Crippen LogP contribution >= 0.6 is 39.1 Å². The van der Waals surface area contributed by atoms with Crippen molar-refractivity contribution in [2.45, 2.75) is 13.0 Å². The number of hydrogen-bond donors (Lipinski definition) is 0. The van der Waals surface area contributed by atoms with E-state index in [1.165, 1.54) is 0 Å². The Hall–Kier alpha value is -0.350. The lowest BCUT2D eigenvalue weighted by Gasteiger charge is -2.18. The molecule has 0 saturated carbocycles. The summed E-state index contributed by atoms with van der Waals surface area (Å²) in [6.07, 6.45) is 0.789. The van der Waals surface area contributed by atoms with E-state index >= 15 is 0 Å². The summed E-state index contributed by atoms with van der Waals surface area (Å²) in [4.78, 5) is 4.60. The average molecular weight is 333 g/mol. The van der Waals surface area contributed by atoms with E-state index in [0.29, 0.717) is 23.3 Å². The third-order valence-corrected chi connectivity index (χ3v) is 4.03. The van der Waals surface area contributed by atoms with Gasteiger partial charge in [0.15, 0.2) is 0 Å². The second-order valence-electron chi connectivity index (χ2n) is 3.94. The molecule has 0 aliphatic carbocycles. The maximum absolute atomic E-state index is 6.40. The molecule has 0 spiro atoms. The molecule has 0 bridgehead atoms. The maximum atomic E-state index is 6.40. The zero-order valence-corrected chi connectivity index (χ0v) is 11.9. The lowest BCUT2D eigenvalue weighted by Crippen LogP contribution is -2.12. The van der Waals surface area contributed by atoms with E-state index in [2.05, 4.69) is 20.9 Å². The molecule has 0 unspecified atom stereocenters. The predicted octanol–water partition coefficient (Wildman–Crippen LogP) is 4.38. The van der Waals surface area contributed by atoms with Crippen molar-refractivity contribution in [3.05, 3.63) is 37.9 Å². The number of pyridine rings is 1. The molecule has 0 amide bonds. The minimum atomic E-state index is 0.529. The Bertz CT molecular complexity index is 615. The Morgan fingerprint density at radius 1 is 1.29 bits per heavy atom. The van der Waals surface area contributed by atoms with E-state index in [9.17, 15) is 0 Å². The van der Waals surface area contributed by atoms with Crippen molar-refractivity contribution in [1.29, 1.82) is 0 Å². The Morgan fingerprint density at radius 3 is 2.94 bits per heavy atom. The van der Waals surface area contributed by atoms with Crippen LogP contribution in [0.5, 0.6) is 0 Å². The number of benzene rings is 1. The number of halogens is 3. The monoisotopic (exact) mass is 331 g/mol. The van der Waals surface area contributed by atoms with Crippen molar-refractivity contribution >= 4 is 50.0 Å². The third-order valence-electron chi connectivity index (χ3n) is 2.85. The molecule has 0 saturated heterocycles. The van der Waals surface area contributed by atoms with Crippen LogP contribution in [0.4, 0.5) is 0 Å². The van der Waals surface area contributed by atoms with Gasteiger partial charge in [-0.1, -0.05) is 39.1 Å². The lowest BCUT2D eigenvalue weighted by atomic mass is 10.1. The van der Waals surface area contributed by atoms with E-state index in [0.717, 1.165) is 33.1 Å². The van der Waals surface area contributed by atoms with E-state index in [4.69, 9.17) is 27.9 Å². The van der Waals surface area contributed by atoms with Gasteiger partial charge in [-0.25, -0.2) is 0 Å². The molecule has 0 radical (unpaired) electrons. The molecule has 17 heavy (non-hydrogen) atoms. The van der Waals surface area contributed by atoms with Crippen LogP contribution < -0.4 is 0 Å². The van der Waals surface area contributed by atoms with Crippen molar-refractivity contribution in [2.24, 2.45) is 0 Å². The molecular formula is C12H8BrCl2NO. The largest absolute Gasteiger partial charge is 0.376 e. The molecule has 1 aliphatic rings. The highest BCUT2D eigenvalue weighted by molar-refractivity contribution is 9.10. The van der Waals surface area contributed by atoms with Crippen LogP contribution in [0.25, 0.3) is 10.9 Å². The Labute approximate surface area is 117 Å². The smallest absolute Gasteiger partial charge is 0.0907 e. The van der Waals surface area contributed by atoms with Crippen molar-refractivity contribution in [1.82, 2.24) is 4.98 Å². The predicted molar refractivity (Wildman–Crippen MR) is 72.8 cm³/mol. The minimum Gasteiger partial charge on any atom is -0.376 e. The van der Waals surface area contributed by atoms with Gasteiger partial charge in [-0.2, -0.15) is 0 Å². The van der Waals surface area contributed by atoms with Gasteiger partial charge in [0, 0.05) is 21.8 Å². The van der Waals surface area contributed by atoms with Gasteiger partial charge < -0.3 is 4.74 Å². The van der Waals surface area contributed by atoms with Crippen molar-refractivity contribution in [3.63, 3.8) is 0 Å². The van der Waals surface area contributed by atoms with Gasteiger partial charge in [-0.05, 0) is 12.1 Å². The number of ether oxygens (including phenoxy) is 1. The van der Waals surface area contributed by atoms with Gasteiger partial charge in [0.1, 0.15) is 0 Å². The van der Waals surface area contributed by atoms with Crippen LogP contribution in [0.15, 0.2) is 16.6 Å². The first kappa shape index (κ1) is 11.7. The highest BCUT2D eigenvalue weighted by Gasteiger charge is 2.18. The summed E-state index contributed by atoms with van der Waals surface area (Å²) >= 11 is 16.0. The summed E-state index contributed by atoms with van der Waals surface area (Å²) in [5, 5.41) is 2.19. The topological polar surface area (TPSA) is 22.1 Å². The standard InChI is InChI=1S/C12H8BrCl2NO/c13-6-3-7-11(15)8-5-17-2-1-10(8)16-12(7)9(14)4-6/h3-4H,1-2,5H2. The number of hydrogen-bond acceptors (Lipinski definition) is 2. The Balaban J connectivity index is 2.40. The number of rotatable bonds is 0. The molecule has 3 rings (SSSR count). The van der Waals surface area contributed by atoms with Crippen LogP contribution in [-0.4, -0.2) is 11.6 Å². The molecule has 1 aromatic carbocycles. The molecule has 0 atom stereocenters. The van der Waals surface area contributed by atoms with Crippen LogP contribution in [0.2, 0.25) is 10.0 Å². The molecule has 2 nitrogen and oxygen atoms in total. The van der Waals surface area contributed by atoms with E-state index < -0.39 is 0 Å². The Kier molecular flexibility index (Phi) is 3.03. The molecular weight excluding hydrogens is 325 g/mol. The highest BCUT2D eigenvalue weighted by Crippen LogP contribution is 2.36. The van der Waals surface area contributed by atoms with Crippen LogP contribution in [-0.2, 0) is 17.8 Å². The van der Waals surface area contributed by atoms with Gasteiger partial charge in [0.05, 0.1) is 34.5 Å². The zero-order chi connectivity index (χ0) is 12.0. The fraction of sp³-hybridized carbons (Fsp3) is 0.250. The van der Waals surface area contributed by atoms with E-state index in [1.807, 2.05) is 12.1 Å². The van der Waals surface area contributed by atoms with Crippen molar-refractivity contribution in [3.8, 4) is 0 Å². The van der Waals surface area contributed by atoms with E-state index in [1.54, 1.807) is 0 Å². The van der Waals surface area contributed by atoms with Gasteiger partial charge in [0.25, 0.3) is 0 Å². The molecule has 88 valence electrons. The molecule has 2 aromatic rings. The quantitative estimate of drug-likeness (QED) is 0.714. The van der Waals surface area contributed by atoms with E-state index in [-0.39, 0.29) is 0 Å². The molecule has 1 aliphatic heterocycles. The third kappa shape index (κ3) is 1.95. The molecule has 5 heteroatoms. The summed E-state index contributed by atoms with van der Waals surface area (Å²) in [5.41, 5.74) is 2.75. The van der Waals surface area contributed by atoms with Crippen LogP contribution in [0.3, 0.4) is 0 Å². The number of nitrogens with zero attached hydrogens (tertiary/aromatic N) is 1. The van der Waals surface area contributed by atoms with Gasteiger partial charge in [-0.3, -0.25) is 4.98 Å². The summed E-state index contributed by atoms with van der Waals surface area (Å²) in [6, 6.07) is 3.77. The zero-order valence-electron chi connectivity index (χ0n) is 8.77. The molecule has 0 N–H and O–H groups in total. The van der Waals surface area contributed by atoms with Gasteiger partial charge >= 0.3 is 0 Å². The van der Waals surface area contributed by atoms with Crippen molar-refractivity contribution in [2.75, 3.05) is 6.61 Å². The lowest BCUT2D eigenvalue weighted by molar-refractivity contribution is 0.109. The number of fused-ring (bicyclic) bond motifs is 2. The van der Waals surface area contributed by atoms with Crippen LogP contribution in [0.1, 0.15) is 11.3 Å². The Morgan fingerprint density at radius 2 is 2.12 bits per heavy atom. The minimum absolute atomic E-state index is 0.529. The average Bonchev–Trinajstić information content (AvgIpc) is 2.31. The van der Waals surface area contributed by atoms with Crippen LogP contribution in [0, 0.1) is 0 Å². The normalized spacial score (nSPS) is 15.0.